The maximum Gasteiger partial charge on any atom is 0.278 e. The van der Waals surface area contributed by atoms with Crippen molar-refractivity contribution in [3.8, 4) is 11.5 Å². The van der Waals surface area contributed by atoms with Crippen LogP contribution in [-0.2, 0) is 22.6 Å². The van der Waals surface area contributed by atoms with Crippen LogP contribution in [-0.4, -0.2) is 30.9 Å². The molecule has 6 heteroatoms. The minimum atomic E-state index is -0.367. The van der Waals surface area contributed by atoms with Crippen LogP contribution in [0.1, 0.15) is 23.6 Å². The van der Waals surface area contributed by atoms with Crippen molar-refractivity contribution in [3.05, 3.63) is 95.2 Å². The Balaban J connectivity index is 1.76. The summed E-state index contributed by atoms with van der Waals surface area (Å²) >= 11 is 0. The van der Waals surface area contributed by atoms with Crippen LogP contribution in [0, 0.1) is 0 Å². The smallest absolute Gasteiger partial charge is 0.278 e. The van der Waals surface area contributed by atoms with Gasteiger partial charge >= 0.3 is 0 Å². The Morgan fingerprint density at radius 1 is 0.788 bits per heavy atom. The second-order valence-corrected chi connectivity index (χ2v) is 7.68. The number of anilines is 1. The van der Waals surface area contributed by atoms with E-state index < -0.39 is 0 Å². The third-order valence-corrected chi connectivity index (χ3v) is 5.66. The van der Waals surface area contributed by atoms with E-state index in [-0.39, 0.29) is 24.1 Å². The first-order valence-electron chi connectivity index (χ1n) is 10.8. The Bertz CT molecular complexity index is 1200. The first-order valence-corrected chi connectivity index (χ1v) is 10.8. The first kappa shape index (κ1) is 22.1. The van der Waals surface area contributed by atoms with E-state index in [1.807, 2.05) is 54.6 Å². The van der Waals surface area contributed by atoms with E-state index in [0.717, 1.165) is 17.7 Å². The minimum Gasteiger partial charge on any atom is -0.493 e. The quantitative estimate of drug-likeness (QED) is 0.514. The SMILES string of the molecule is CCc1ccc(NC2=C(c3ccc(OC)c(OC)c3)C(=O)N(Cc3ccccc3)C2=O)cc1. The summed E-state index contributed by atoms with van der Waals surface area (Å²) in [6.07, 6.45) is 0.919. The number of amides is 2. The van der Waals surface area contributed by atoms with Gasteiger partial charge in [-0.15, -0.1) is 0 Å². The maximum atomic E-state index is 13.5. The molecule has 0 aliphatic carbocycles. The van der Waals surface area contributed by atoms with Gasteiger partial charge in [0.05, 0.1) is 26.3 Å². The van der Waals surface area contributed by atoms with E-state index in [1.165, 1.54) is 17.6 Å². The molecule has 168 valence electrons. The summed E-state index contributed by atoms with van der Waals surface area (Å²) in [5, 5.41) is 3.20. The molecule has 0 bridgehead atoms. The summed E-state index contributed by atoms with van der Waals surface area (Å²) < 4.78 is 10.7. The molecule has 0 unspecified atom stereocenters. The summed E-state index contributed by atoms with van der Waals surface area (Å²) in [7, 11) is 3.09. The number of carbonyl (C=O) groups excluding carboxylic acids is 2. The second-order valence-electron chi connectivity index (χ2n) is 7.68. The molecule has 0 saturated heterocycles. The molecular weight excluding hydrogens is 416 g/mol. The number of rotatable bonds is 8. The average molecular weight is 443 g/mol. The molecule has 3 aromatic carbocycles. The van der Waals surface area contributed by atoms with E-state index in [1.54, 1.807) is 25.3 Å². The molecule has 33 heavy (non-hydrogen) atoms. The Labute approximate surface area is 193 Å². The second kappa shape index (κ2) is 9.61. The molecule has 0 spiro atoms. The van der Waals surface area contributed by atoms with Gasteiger partial charge in [-0.25, -0.2) is 0 Å². The molecule has 0 aromatic heterocycles. The van der Waals surface area contributed by atoms with Crippen LogP contribution in [0.3, 0.4) is 0 Å². The molecule has 1 N–H and O–H groups in total. The highest BCUT2D eigenvalue weighted by Gasteiger charge is 2.39. The summed E-state index contributed by atoms with van der Waals surface area (Å²) in [6, 6.07) is 22.5. The summed E-state index contributed by atoms with van der Waals surface area (Å²) in [5.74, 6) is 0.303. The number of hydrogen-bond donors (Lipinski definition) is 1. The van der Waals surface area contributed by atoms with Gasteiger partial charge in [0.1, 0.15) is 5.70 Å². The monoisotopic (exact) mass is 442 g/mol. The minimum absolute atomic E-state index is 0.190. The molecule has 6 nitrogen and oxygen atoms in total. The number of nitrogens with one attached hydrogen (secondary N) is 1. The first-order chi connectivity index (χ1) is 16.0. The number of benzene rings is 3. The van der Waals surface area contributed by atoms with Gasteiger partial charge in [-0.2, -0.15) is 0 Å². The fourth-order valence-electron chi connectivity index (χ4n) is 3.83. The third kappa shape index (κ3) is 4.46. The van der Waals surface area contributed by atoms with Crippen LogP contribution >= 0.6 is 0 Å². The summed E-state index contributed by atoms with van der Waals surface area (Å²) in [5.41, 5.74) is 3.93. The Hall–Kier alpha value is -4.06. The normalized spacial score (nSPS) is 13.5. The molecule has 1 aliphatic rings. The number of carbonyl (C=O) groups is 2. The van der Waals surface area contributed by atoms with Crippen molar-refractivity contribution in [2.24, 2.45) is 0 Å². The molecule has 1 heterocycles. The van der Waals surface area contributed by atoms with Gasteiger partial charge in [0.25, 0.3) is 11.8 Å². The van der Waals surface area contributed by atoms with Crippen molar-refractivity contribution in [2.45, 2.75) is 19.9 Å². The topological polar surface area (TPSA) is 67.9 Å². The van der Waals surface area contributed by atoms with E-state index in [9.17, 15) is 9.59 Å². The summed E-state index contributed by atoms with van der Waals surface area (Å²) in [6.45, 7) is 2.27. The maximum absolute atomic E-state index is 13.5. The highest BCUT2D eigenvalue weighted by Crippen LogP contribution is 2.36. The van der Waals surface area contributed by atoms with Crippen molar-refractivity contribution < 1.29 is 19.1 Å². The Morgan fingerprint density at radius 2 is 1.48 bits per heavy atom. The van der Waals surface area contributed by atoms with Gasteiger partial charge in [0.2, 0.25) is 0 Å². The molecular formula is C27H26N2O4. The molecule has 2 amide bonds. The van der Waals surface area contributed by atoms with Crippen molar-refractivity contribution >= 4 is 23.1 Å². The van der Waals surface area contributed by atoms with Crippen LogP contribution in [0.2, 0.25) is 0 Å². The van der Waals surface area contributed by atoms with Crippen molar-refractivity contribution in [3.63, 3.8) is 0 Å². The molecule has 0 saturated carbocycles. The van der Waals surface area contributed by atoms with E-state index >= 15 is 0 Å². The van der Waals surface area contributed by atoms with Crippen LogP contribution in [0.15, 0.2) is 78.5 Å². The zero-order valence-electron chi connectivity index (χ0n) is 18.9. The fraction of sp³-hybridized carbons (Fsp3) is 0.185. The number of methoxy groups -OCH3 is 2. The summed E-state index contributed by atoms with van der Waals surface area (Å²) in [4.78, 5) is 28.2. The standard InChI is InChI=1S/C27H26N2O4/c1-4-18-10-13-21(14-11-18)28-25-24(20-12-15-22(32-2)23(16-20)33-3)26(30)29(27(25)31)17-19-8-6-5-7-9-19/h5-16,28H,4,17H2,1-3H3. The van der Waals surface area contributed by atoms with Gasteiger partial charge < -0.3 is 14.8 Å². The number of imide groups is 1. The Morgan fingerprint density at radius 3 is 2.12 bits per heavy atom. The van der Waals surface area contributed by atoms with Gasteiger partial charge in [-0.1, -0.05) is 55.5 Å². The van der Waals surface area contributed by atoms with Gasteiger partial charge in [0.15, 0.2) is 11.5 Å². The zero-order valence-corrected chi connectivity index (χ0v) is 18.9. The number of ether oxygens (including phenoxy) is 2. The van der Waals surface area contributed by atoms with Gasteiger partial charge in [-0.3, -0.25) is 14.5 Å². The van der Waals surface area contributed by atoms with Crippen LogP contribution in [0.25, 0.3) is 5.57 Å². The number of aryl methyl sites for hydroxylation is 1. The van der Waals surface area contributed by atoms with E-state index in [2.05, 4.69) is 12.2 Å². The molecule has 0 radical (unpaired) electrons. The third-order valence-electron chi connectivity index (χ3n) is 5.66. The molecule has 3 aromatic rings. The largest absolute Gasteiger partial charge is 0.493 e. The zero-order chi connectivity index (χ0) is 23.4. The predicted molar refractivity (Wildman–Crippen MR) is 128 cm³/mol. The average Bonchev–Trinajstić information content (AvgIpc) is 3.08. The number of nitrogens with zero attached hydrogens (tertiary/aromatic N) is 1. The number of hydrogen-bond acceptors (Lipinski definition) is 5. The van der Waals surface area contributed by atoms with E-state index in [0.29, 0.717) is 22.6 Å². The van der Waals surface area contributed by atoms with E-state index in [4.69, 9.17) is 9.47 Å². The Kier molecular flexibility index (Phi) is 6.45. The highest BCUT2D eigenvalue weighted by atomic mass is 16.5. The van der Waals surface area contributed by atoms with Crippen LogP contribution < -0.4 is 14.8 Å². The lowest BCUT2D eigenvalue weighted by atomic mass is 10.0. The lowest BCUT2D eigenvalue weighted by Gasteiger charge is -2.15. The predicted octanol–water partition coefficient (Wildman–Crippen LogP) is 4.66. The molecule has 1 aliphatic heterocycles. The molecule has 0 fully saturated rings. The van der Waals surface area contributed by atoms with Crippen molar-refractivity contribution in [1.29, 1.82) is 0 Å². The van der Waals surface area contributed by atoms with Crippen molar-refractivity contribution in [2.75, 3.05) is 19.5 Å². The van der Waals surface area contributed by atoms with Gasteiger partial charge in [-0.05, 0) is 47.4 Å². The molecule has 0 atom stereocenters. The lowest BCUT2D eigenvalue weighted by Crippen LogP contribution is -2.31. The van der Waals surface area contributed by atoms with Crippen molar-refractivity contribution in [1.82, 2.24) is 4.90 Å². The fourth-order valence-corrected chi connectivity index (χ4v) is 3.83. The highest BCUT2D eigenvalue weighted by molar-refractivity contribution is 6.36. The van der Waals surface area contributed by atoms with Crippen LogP contribution in [0.4, 0.5) is 5.69 Å². The lowest BCUT2D eigenvalue weighted by molar-refractivity contribution is -0.137. The van der Waals surface area contributed by atoms with Gasteiger partial charge in [0, 0.05) is 5.69 Å². The van der Waals surface area contributed by atoms with Crippen LogP contribution in [0.5, 0.6) is 11.5 Å². The molecule has 4 rings (SSSR count).